The number of para-hydroxylation sites is 1. The van der Waals surface area contributed by atoms with Gasteiger partial charge in [0.15, 0.2) is 5.43 Å². The van der Waals surface area contributed by atoms with Crippen molar-refractivity contribution in [2.75, 3.05) is 5.32 Å². The second-order valence-electron chi connectivity index (χ2n) is 8.26. The van der Waals surface area contributed by atoms with Gasteiger partial charge in [-0.2, -0.15) is 0 Å². The normalized spacial score (nSPS) is 12.2. The van der Waals surface area contributed by atoms with Crippen LogP contribution in [0.5, 0.6) is 0 Å². The summed E-state index contributed by atoms with van der Waals surface area (Å²) < 4.78 is 32.7. The van der Waals surface area contributed by atoms with Crippen molar-refractivity contribution in [3.8, 4) is 11.3 Å². The molecule has 0 bridgehead atoms. The van der Waals surface area contributed by atoms with Gasteiger partial charge in [-0.05, 0) is 50.6 Å². The number of hydrogen-bond donors (Lipinski definition) is 2. The lowest BCUT2D eigenvalue weighted by atomic mass is 9.98. The number of fused-ring (bicyclic) bond motifs is 1. The number of aryl methyl sites for hydroxylation is 1. The number of rotatable bonds is 6. The number of aromatic carboxylic acids is 1. The molecule has 4 rings (SSSR count). The summed E-state index contributed by atoms with van der Waals surface area (Å²) in [7, 11) is 0. The second kappa shape index (κ2) is 9.09. The van der Waals surface area contributed by atoms with Gasteiger partial charge in [0, 0.05) is 27.9 Å². The summed E-state index contributed by atoms with van der Waals surface area (Å²) in [6, 6.07) is 15.5. The van der Waals surface area contributed by atoms with Crippen LogP contribution < -0.4 is 10.7 Å². The number of carboxylic acids is 1. The Hall–Kier alpha value is -4.00. The smallest absolute Gasteiger partial charge is 0.337 e. The third-order valence-corrected chi connectivity index (χ3v) is 5.79. The fraction of sp³-hybridized carbons (Fsp3) is 0.185. The first-order valence-corrected chi connectivity index (χ1v) is 10.7. The lowest BCUT2D eigenvalue weighted by Crippen LogP contribution is -2.14. The molecule has 0 fully saturated rings. The minimum Gasteiger partial charge on any atom is -0.478 e. The van der Waals surface area contributed by atoms with Gasteiger partial charge in [0.25, 0.3) is 6.43 Å². The Morgan fingerprint density at radius 3 is 2.47 bits per heavy atom. The molecule has 4 aromatic rings. The number of anilines is 1. The van der Waals surface area contributed by atoms with Crippen molar-refractivity contribution >= 4 is 22.6 Å². The molecule has 2 N–H and O–H groups in total. The van der Waals surface area contributed by atoms with Crippen LogP contribution in [0.3, 0.4) is 0 Å². The van der Waals surface area contributed by atoms with E-state index < -0.39 is 18.4 Å². The standard InChI is InChI=1S/C27H23F2NO4/c1-14-11-20(16(3)30-22-10-5-4-9-19(22)27(32)33)25-21(12-14)23(31)15(2)24(34-25)17-7-6-8-18(13-17)26(28)29/h4-13,16,26,30H,1-3H3,(H,32,33)/t16-/m1/s1. The first-order valence-electron chi connectivity index (χ1n) is 10.7. The first kappa shape index (κ1) is 23.2. The molecule has 1 aromatic heterocycles. The number of alkyl halides is 2. The summed E-state index contributed by atoms with van der Waals surface area (Å²) in [6.07, 6.45) is -2.65. The number of carbonyl (C=O) groups is 1. The minimum absolute atomic E-state index is 0.119. The molecule has 1 heterocycles. The van der Waals surface area contributed by atoms with E-state index in [1.165, 1.54) is 24.3 Å². The molecule has 0 spiro atoms. The Labute approximate surface area is 194 Å². The van der Waals surface area contributed by atoms with Gasteiger partial charge in [0.2, 0.25) is 0 Å². The number of nitrogens with one attached hydrogen (secondary N) is 1. The van der Waals surface area contributed by atoms with Gasteiger partial charge in [-0.15, -0.1) is 0 Å². The van der Waals surface area contributed by atoms with E-state index in [-0.39, 0.29) is 22.3 Å². The first-order chi connectivity index (χ1) is 16.2. The lowest BCUT2D eigenvalue weighted by Gasteiger charge is -2.20. The van der Waals surface area contributed by atoms with Crippen LogP contribution in [-0.2, 0) is 0 Å². The number of benzene rings is 3. The summed E-state index contributed by atoms with van der Waals surface area (Å²) >= 11 is 0. The highest BCUT2D eigenvalue weighted by molar-refractivity contribution is 5.94. The third-order valence-electron chi connectivity index (χ3n) is 5.79. The van der Waals surface area contributed by atoms with Crippen LogP contribution in [0.4, 0.5) is 14.5 Å². The second-order valence-corrected chi connectivity index (χ2v) is 8.26. The fourth-order valence-corrected chi connectivity index (χ4v) is 4.09. The minimum atomic E-state index is -2.65. The summed E-state index contributed by atoms with van der Waals surface area (Å²) in [6.45, 7) is 5.31. The van der Waals surface area contributed by atoms with Crippen molar-refractivity contribution in [3.63, 3.8) is 0 Å². The van der Waals surface area contributed by atoms with E-state index in [0.29, 0.717) is 33.3 Å². The third kappa shape index (κ3) is 4.29. The highest BCUT2D eigenvalue weighted by Crippen LogP contribution is 2.33. The molecule has 0 unspecified atom stereocenters. The van der Waals surface area contributed by atoms with Crippen molar-refractivity contribution in [1.82, 2.24) is 0 Å². The molecule has 0 aliphatic rings. The van der Waals surface area contributed by atoms with Crippen molar-refractivity contribution in [1.29, 1.82) is 0 Å². The van der Waals surface area contributed by atoms with Crippen LogP contribution in [0.25, 0.3) is 22.3 Å². The zero-order chi connectivity index (χ0) is 24.6. The van der Waals surface area contributed by atoms with Gasteiger partial charge >= 0.3 is 5.97 Å². The molecule has 0 aliphatic heterocycles. The summed E-state index contributed by atoms with van der Waals surface area (Å²) in [4.78, 5) is 24.9. The van der Waals surface area contributed by atoms with Crippen molar-refractivity contribution in [3.05, 3.63) is 98.7 Å². The van der Waals surface area contributed by atoms with Crippen molar-refractivity contribution < 1.29 is 23.1 Å². The Morgan fingerprint density at radius 1 is 1.03 bits per heavy atom. The Bertz CT molecular complexity index is 1460. The van der Waals surface area contributed by atoms with Crippen molar-refractivity contribution in [2.24, 2.45) is 0 Å². The molecule has 0 saturated carbocycles. The van der Waals surface area contributed by atoms with Crippen LogP contribution in [0, 0.1) is 13.8 Å². The molecular formula is C27H23F2NO4. The molecule has 0 aliphatic carbocycles. The van der Waals surface area contributed by atoms with Crippen LogP contribution in [0.15, 0.2) is 69.9 Å². The molecule has 0 saturated heterocycles. The van der Waals surface area contributed by atoms with Crippen molar-refractivity contribution in [2.45, 2.75) is 33.2 Å². The van der Waals surface area contributed by atoms with E-state index >= 15 is 0 Å². The maximum absolute atomic E-state index is 13.3. The Kier molecular flexibility index (Phi) is 6.20. The topological polar surface area (TPSA) is 79.5 Å². The van der Waals surface area contributed by atoms with Gasteiger partial charge in [0.1, 0.15) is 11.3 Å². The van der Waals surface area contributed by atoms with E-state index in [4.69, 9.17) is 4.42 Å². The summed E-state index contributed by atoms with van der Waals surface area (Å²) in [5, 5.41) is 13.1. The van der Waals surface area contributed by atoms with Gasteiger partial charge < -0.3 is 14.8 Å². The van der Waals surface area contributed by atoms with E-state index in [2.05, 4.69) is 5.32 Å². The number of hydrogen-bond acceptors (Lipinski definition) is 4. The summed E-state index contributed by atoms with van der Waals surface area (Å²) in [5.74, 6) is -0.837. The molecule has 0 radical (unpaired) electrons. The SMILES string of the molecule is Cc1cc([C@@H](C)Nc2ccccc2C(=O)O)c2oc(-c3cccc(C(F)F)c3)c(C)c(=O)c2c1. The number of halogens is 2. The molecule has 7 heteroatoms. The van der Waals surface area contributed by atoms with E-state index in [1.54, 1.807) is 37.3 Å². The van der Waals surface area contributed by atoms with Gasteiger partial charge in [-0.25, -0.2) is 13.6 Å². The largest absolute Gasteiger partial charge is 0.478 e. The Morgan fingerprint density at radius 2 is 1.76 bits per heavy atom. The predicted molar refractivity (Wildman–Crippen MR) is 128 cm³/mol. The lowest BCUT2D eigenvalue weighted by molar-refractivity contribution is 0.0698. The highest BCUT2D eigenvalue weighted by atomic mass is 19.3. The zero-order valence-corrected chi connectivity index (χ0v) is 18.9. The average molecular weight is 463 g/mol. The van der Waals surface area contributed by atoms with E-state index in [1.807, 2.05) is 19.9 Å². The monoisotopic (exact) mass is 463 g/mol. The molecule has 5 nitrogen and oxygen atoms in total. The van der Waals surface area contributed by atoms with Gasteiger partial charge in [-0.3, -0.25) is 4.79 Å². The molecule has 3 aromatic carbocycles. The summed E-state index contributed by atoms with van der Waals surface area (Å²) in [5.41, 5.74) is 2.66. The molecule has 174 valence electrons. The quantitative estimate of drug-likeness (QED) is 0.326. The fourth-order valence-electron chi connectivity index (χ4n) is 4.09. The van der Waals surface area contributed by atoms with Crippen LogP contribution in [0.2, 0.25) is 0 Å². The van der Waals surface area contributed by atoms with E-state index in [0.717, 1.165) is 5.56 Å². The molecule has 34 heavy (non-hydrogen) atoms. The molecular weight excluding hydrogens is 440 g/mol. The van der Waals surface area contributed by atoms with Gasteiger partial charge in [0.05, 0.1) is 17.0 Å². The maximum atomic E-state index is 13.3. The van der Waals surface area contributed by atoms with E-state index in [9.17, 15) is 23.5 Å². The number of carboxylic acid groups (broad SMARTS) is 1. The predicted octanol–water partition coefficient (Wildman–Crippen LogP) is 6.89. The maximum Gasteiger partial charge on any atom is 0.337 e. The molecule has 0 amide bonds. The van der Waals surface area contributed by atoms with Crippen LogP contribution in [0.1, 0.15) is 52.0 Å². The average Bonchev–Trinajstić information content (AvgIpc) is 2.81. The van der Waals surface area contributed by atoms with Gasteiger partial charge in [-0.1, -0.05) is 36.4 Å². The zero-order valence-electron chi connectivity index (χ0n) is 18.9. The van der Waals surface area contributed by atoms with Crippen LogP contribution >= 0.6 is 0 Å². The Balaban J connectivity index is 1.89. The highest BCUT2D eigenvalue weighted by Gasteiger charge is 2.21. The van der Waals surface area contributed by atoms with Crippen LogP contribution in [-0.4, -0.2) is 11.1 Å². The molecule has 1 atom stereocenters.